The lowest BCUT2D eigenvalue weighted by Gasteiger charge is -2.15. The van der Waals surface area contributed by atoms with Crippen molar-refractivity contribution in [2.45, 2.75) is 32.0 Å². The Kier molecular flexibility index (Phi) is 10.6. The third kappa shape index (κ3) is 9.30. The number of ether oxygens (including phenoxy) is 1. The second-order valence-electron chi connectivity index (χ2n) is 12.1. The van der Waals surface area contributed by atoms with Gasteiger partial charge >= 0.3 is 17.9 Å². The van der Waals surface area contributed by atoms with Crippen molar-refractivity contribution in [1.29, 1.82) is 0 Å². The van der Waals surface area contributed by atoms with E-state index >= 15 is 0 Å². The van der Waals surface area contributed by atoms with Crippen LogP contribution in [0.2, 0.25) is 0 Å². The number of hydrogen-bond acceptors (Lipinski definition) is 5. The molecule has 0 saturated heterocycles. The highest BCUT2D eigenvalue weighted by atomic mass is 19.4. The summed E-state index contributed by atoms with van der Waals surface area (Å²) in [5, 5.41) is 13.0. The first-order valence-electron chi connectivity index (χ1n) is 16.2. The molecule has 1 atom stereocenters. The van der Waals surface area contributed by atoms with Crippen LogP contribution < -0.4 is 10.5 Å². The van der Waals surface area contributed by atoms with E-state index in [0.717, 1.165) is 64.8 Å². The number of benzene rings is 5. The maximum absolute atomic E-state index is 13.0. The van der Waals surface area contributed by atoms with E-state index in [1.165, 1.54) is 12.1 Å². The Morgan fingerprint density at radius 3 is 2.04 bits per heavy atom. The van der Waals surface area contributed by atoms with Gasteiger partial charge in [0.25, 0.3) is 0 Å². The molecule has 258 valence electrons. The summed E-state index contributed by atoms with van der Waals surface area (Å²) < 4.78 is 49.7. The quantitative estimate of drug-likeness (QED) is 0.125. The van der Waals surface area contributed by atoms with E-state index in [2.05, 4.69) is 26.8 Å². The van der Waals surface area contributed by atoms with Gasteiger partial charge in [-0.15, -0.1) is 0 Å². The fraction of sp³-hybridized carbons (Fsp3) is 0.146. The fourth-order valence-electron chi connectivity index (χ4n) is 5.68. The maximum Gasteiger partial charge on any atom is 0.439 e. The molecule has 0 fully saturated rings. The number of allylic oxidation sites excluding steroid dienone is 1. The Bertz CT molecular complexity index is 2150. The summed E-state index contributed by atoms with van der Waals surface area (Å²) in [5.74, 6) is -0.396. The first kappa shape index (κ1) is 34.7. The number of aromatic amines is 1. The van der Waals surface area contributed by atoms with Crippen molar-refractivity contribution in [2.75, 3.05) is 0 Å². The van der Waals surface area contributed by atoms with Crippen LogP contribution in [0.15, 0.2) is 137 Å². The normalized spacial score (nSPS) is 12.2. The van der Waals surface area contributed by atoms with Crippen LogP contribution in [-0.4, -0.2) is 21.2 Å². The molecule has 0 aliphatic heterocycles. The van der Waals surface area contributed by atoms with Gasteiger partial charge in [-0.25, -0.2) is 9.59 Å². The number of carboxylic acid groups (broad SMARTS) is 1. The first-order valence-corrected chi connectivity index (χ1v) is 16.2. The Labute approximate surface area is 291 Å². The zero-order chi connectivity index (χ0) is 35.8. The number of nitrogens with one attached hydrogen (secondary N) is 1. The zero-order valence-corrected chi connectivity index (χ0v) is 27.3. The monoisotopic (exact) mass is 690 g/mol. The van der Waals surface area contributed by atoms with Gasteiger partial charge in [0.2, 0.25) is 0 Å². The molecule has 0 saturated carbocycles. The Morgan fingerprint density at radius 1 is 0.804 bits per heavy atom. The Hall–Kier alpha value is -6.16. The summed E-state index contributed by atoms with van der Waals surface area (Å²) in [7, 11) is 0. The summed E-state index contributed by atoms with van der Waals surface area (Å²) in [6, 6.07) is 35.0. The van der Waals surface area contributed by atoms with Crippen LogP contribution in [0.25, 0.3) is 28.6 Å². The molecule has 0 aliphatic carbocycles. The Balaban J connectivity index is 1.14. The van der Waals surface area contributed by atoms with Crippen molar-refractivity contribution in [3.63, 3.8) is 0 Å². The van der Waals surface area contributed by atoms with Crippen molar-refractivity contribution in [3.05, 3.63) is 171 Å². The molecule has 2 N–H and O–H groups in total. The number of aromatic carboxylic acids is 1. The predicted molar refractivity (Wildman–Crippen MR) is 188 cm³/mol. The lowest BCUT2D eigenvalue weighted by Crippen LogP contribution is -2.04. The largest absolute Gasteiger partial charge is 0.488 e. The lowest BCUT2D eigenvalue weighted by molar-refractivity contribution is -0.137. The fourth-order valence-corrected chi connectivity index (χ4v) is 5.68. The van der Waals surface area contributed by atoms with Gasteiger partial charge in [0.15, 0.2) is 5.82 Å². The number of nitrogens with zero attached hydrogens (tertiary/aromatic N) is 1. The van der Waals surface area contributed by atoms with E-state index in [0.29, 0.717) is 23.7 Å². The molecule has 0 amide bonds. The molecule has 10 heteroatoms. The average molecular weight is 691 g/mol. The third-order valence-corrected chi connectivity index (χ3v) is 8.53. The molecule has 51 heavy (non-hydrogen) atoms. The molecule has 1 heterocycles. The number of alkyl halides is 3. The number of H-pyrrole nitrogens is 1. The van der Waals surface area contributed by atoms with Gasteiger partial charge in [0.05, 0.1) is 11.1 Å². The molecule has 6 rings (SSSR count). The van der Waals surface area contributed by atoms with Crippen LogP contribution in [-0.2, 0) is 25.6 Å². The minimum Gasteiger partial charge on any atom is -0.488 e. The molecule has 0 spiro atoms. The molecule has 7 nitrogen and oxygen atoms in total. The molecule has 6 aromatic rings. The number of halogens is 3. The first-order chi connectivity index (χ1) is 24.6. The average Bonchev–Trinajstić information content (AvgIpc) is 3.58. The van der Waals surface area contributed by atoms with Gasteiger partial charge in [0, 0.05) is 11.1 Å². The van der Waals surface area contributed by atoms with Gasteiger partial charge < -0.3 is 9.84 Å². The number of hydrogen-bond donors (Lipinski definition) is 2. The topological polar surface area (TPSA) is 105 Å². The highest BCUT2D eigenvalue weighted by Crippen LogP contribution is 2.31. The van der Waals surface area contributed by atoms with Crippen LogP contribution in [0.3, 0.4) is 0 Å². The van der Waals surface area contributed by atoms with E-state index in [1.54, 1.807) is 12.1 Å². The third-order valence-electron chi connectivity index (χ3n) is 8.53. The number of aromatic nitrogens is 2. The Morgan fingerprint density at radius 2 is 1.41 bits per heavy atom. The zero-order valence-electron chi connectivity index (χ0n) is 27.3. The van der Waals surface area contributed by atoms with Crippen molar-refractivity contribution < 1.29 is 32.3 Å². The van der Waals surface area contributed by atoms with Crippen LogP contribution in [0.5, 0.6) is 5.75 Å². The molecule has 0 bridgehead atoms. The van der Waals surface area contributed by atoms with Gasteiger partial charge in [-0.05, 0) is 83.3 Å². The van der Waals surface area contributed by atoms with E-state index in [-0.39, 0.29) is 11.5 Å². The standard InChI is InChI=1S/C41H33F3N2O5/c42-41(43,44)36-23-21-32(22-24-36)31-14-12-30(13-15-31)26-50-37-4-2-1-3-33(37)16-9-28(6-5-27-7-19-35(20-8-27)39(47)48)25-29-10-17-34(18-11-29)38-45-40(49)51-46-38/h1-4,7-24,28H,5-6,25-26H2,(H,47,48)(H,45,46,49). The predicted octanol–water partition coefficient (Wildman–Crippen LogP) is 9.50. The van der Waals surface area contributed by atoms with Gasteiger partial charge in [0.1, 0.15) is 12.4 Å². The minimum atomic E-state index is -4.38. The van der Waals surface area contributed by atoms with Gasteiger partial charge in [-0.1, -0.05) is 108 Å². The lowest BCUT2D eigenvalue weighted by atomic mass is 9.91. The summed E-state index contributed by atoms with van der Waals surface area (Å²) in [4.78, 5) is 25.2. The maximum atomic E-state index is 13.0. The second-order valence-corrected chi connectivity index (χ2v) is 12.1. The van der Waals surface area contributed by atoms with Crippen LogP contribution in [0.1, 0.15) is 44.6 Å². The highest BCUT2D eigenvalue weighted by Gasteiger charge is 2.30. The van der Waals surface area contributed by atoms with Crippen LogP contribution >= 0.6 is 0 Å². The molecule has 1 aromatic heterocycles. The van der Waals surface area contributed by atoms with Crippen molar-refractivity contribution in [1.82, 2.24) is 10.1 Å². The van der Waals surface area contributed by atoms with Crippen molar-refractivity contribution in [3.8, 4) is 28.3 Å². The number of aryl methyl sites for hydroxylation is 1. The van der Waals surface area contributed by atoms with Crippen LogP contribution in [0.4, 0.5) is 13.2 Å². The molecule has 0 radical (unpaired) electrons. The molecular weight excluding hydrogens is 657 g/mol. The smallest absolute Gasteiger partial charge is 0.439 e. The number of carbonyl (C=O) groups is 1. The summed E-state index contributed by atoms with van der Waals surface area (Å²) in [5.41, 5.74) is 5.74. The van der Waals surface area contributed by atoms with E-state index in [1.807, 2.05) is 84.9 Å². The van der Waals surface area contributed by atoms with Crippen molar-refractivity contribution in [2.24, 2.45) is 5.92 Å². The van der Waals surface area contributed by atoms with Gasteiger partial charge in [-0.3, -0.25) is 9.51 Å². The highest BCUT2D eigenvalue weighted by molar-refractivity contribution is 5.87. The SMILES string of the molecule is O=C(O)c1ccc(CCC(C=Cc2ccccc2OCc2ccc(-c3ccc(C(F)(F)F)cc3)cc2)Cc2ccc(-c3noc(=O)[nH]3)cc2)cc1. The molecule has 1 unspecified atom stereocenters. The summed E-state index contributed by atoms with van der Waals surface area (Å²) in [6.07, 6.45) is 2.11. The molecule has 5 aromatic carbocycles. The summed E-state index contributed by atoms with van der Waals surface area (Å²) in [6.45, 7) is 0.303. The minimum absolute atomic E-state index is 0.118. The van der Waals surface area contributed by atoms with E-state index in [9.17, 15) is 27.9 Å². The second kappa shape index (κ2) is 15.6. The number of carboxylic acids is 1. The van der Waals surface area contributed by atoms with E-state index < -0.39 is 23.5 Å². The molecule has 0 aliphatic rings. The van der Waals surface area contributed by atoms with Gasteiger partial charge in [-0.2, -0.15) is 13.2 Å². The van der Waals surface area contributed by atoms with Crippen LogP contribution in [0, 0.1) is 5.92 Å². The van der Waals surface area contributed by atoms with E-state index in [4.69, 9.17) is 4.74 Å². The molecular formula is C41H33F3N2O5. The number of rotatable bonds is 13. The summed E-state index contributed by atoms with van der Waals surface area (Å²) >= 11 is 0. The van der Waals surface area contributed by atoms with Crippen molar-refractivity contribution >= 4 is 12.0 Å². The number of para-hydroxylation sites is 1.